The van der Waals surface area contributed by atoms with Gasteiger partial charge in [-0.1, -0.05) is 12.1 Å². The maximum Gasteiger partial charge on any atom is 0.142 e. The molecule has 3 aromatic rings. The first kappa shape index (κ1) is 13.5. The number of hydrogen-bond acceptors (Lipinski definition) is 3. The molecule has 0 amide bonds. The average molecular weight is 281 g/mol. The first-order valence-electron chi connectivity index (χ1n) is 7.16. The van der Waals surface area contributed by atoms with Crippen molar-refractivity contribution in [1.29, 1.82) is 0 Å². The fraction of sp³-hybridized carbons (Fsp3) is 0.235. The summed E-state index contributed by atoms with van der Waals surface area (Å²) in [6.45, 7) is 5.39. The van der Waals surface area contributed by atoms with Crippen molar-refractivity contribution in [1.82, 2.24) is 9.38 Å². The van der Waals surface area contributed by atoms with Crippen LogP contribution in [0.4, 0.5) is 5.69 Å². The third-order valence-electron chi connectivity index (χ3n) is 3.31. The molecule has 108 valence electrons. The minimum absolute atomic E-state index is 0.659. The predicted octanol–water partition coefficient (Wildman–Crippen LogP) is 3.65. The van der Waals surface area contributed by atoms with Crippen molar-refractivity contribution in [3.05, 3.63) is 60.0 Å². The van der Waals surface area contributed by atoms with Crippen molar-refractivity contribution < 1.29 is 4.74 Å². The number of pyridine rings is 1. The van der Waals surface area contributed by atoms with Gasteiger partial charge >= 0.3 is 0 Å². The van der Waals surface area contributed by atoms with E-state index in [-0.39, 0.29) is 0 Å². The van der Waals surface area contributed by atoms with Crippen LogP contribution in [0.1, 0.15) is 18.2 Å². The summed E-state index contributed by atoms with van der Waals surface area (Å²) in [6.07, 6.45) is 4.04. The van der Waals surface area contributed by atoms with E-state index < -0.39 is 0 Å². The molecular formula is C17H19N3O. The number of aromatic nitrogens is 2. The van der Waals surface area contributed by atoms with Crippen molar-refractivity contribution in [3.8, 4) is 5.75 Å². The highest BCUT2D eigenvalue weighted by molar-refractivity contribution is 5.58. The van der Waals surface area contributed by atoms with E-state index in [1.165, 1.54) is 5.56 Å². The number of benzene rings is 1. The van der Waals surface area contributed by atoms with E-state index >= 15 is 0 Å². The Balaban J connectivity index is 1.77. The summed E-state index contributed by atoms with van der Waals surface area (Å²) in [7, 11) is 0. The Labute approximate surface area is 124 Å². The molecule has 0 saturated heterocycles. The monoisotopic (exact) mass is 281 g/mol. The molecular weight excluding hydrogens is 262 g/mol. The quantitative estimate of drug-likeness (QED) is 0.775. The summed E-state index contributed by atoms with van der Waals surface area (Å²) in [6, 6.07) is 12.2. The normalized spacial score (nSPS) is 10.8. The predicted molar refractivity (Wildman–Crippen MR) is 84.9 cm³/mol. The minimum atomic E-state index is 0.659. The van der Waals surface area contributed by atoms with Crippen LogP contribution in [0, 0.1) is 6.92 Å². The summed E-state index contributed by atoms with van der Waals surface area (Å²) < 4.78 is 7.70. The second kappa shape index (κ2) is 5.87. The fourth-order valence-electron chi connectivity index (χ4n) is 2.31. The molecule has 4 heteroatoms. The molecule has 4 nitrogen and oxygen atoms in total. The van der Waals surface area contributed by atoms with Crippen LogP contribution in [0.5, 0.6) is 5.75 Å². The van der Waals surface area contributed by atoms with Gasteiger partial charge in [0.15, 0.2) is 0 Å². The lowest BCUT2D eigenvalue weighted by molar-refractivity contribution is 0.341. The Morgan fingerprint density at radius 1 is 1.24 bits per heavy atom. The van der Waals surface area contributed by atoms with Crippen molar-refractivity contribution >= 4 is 11.3 Å². The Kier molecular flexibility index (Phi) is 3.77. The maximum atomic E-state index is 5.68. The number of nitrogens with one attached hydrogen (secondary N) is 1. The second-order valence-corrected chi connectivity index (χ2v) is 4.98. The van der Waals surface area contributed by atoms with Crippen LogP contribution >= 0.6 is 0 Å². The van der Waals surface area contributed by atoms with Gasteiger partial charge in [-0.25, -0.2) is 4.98 Å². The fourth-order valence-corrected chi connectivity index (χ4v) is 2.31. The zero-order valence-corrected chi connectivity index (χ0v) is 12.3. The third kappa shape index (κ3) is 2.99. The van der Waals surface area contributed by atoms with Crippen LogP contribution in [0.15, 0.2) is 48.8 Å². The Morgan fingerprint density at radius 2 is 2.14 bits per heavy atom. The topological polar surface area (TPSA) is 38.6 Å². The van der Waals surface area contributed by atoms with Gasteiger partial charge in [0.25, 0.3) is 0 Å². The number of anilines is 1. The molecule has 0 atom stereocenters. The molecule has 1 aromatic carbocycles. The molecule has 3 rings (SSSR count). The highest BCUT2D eigenvalue weighted by Crippen LogP contribution is 2.26. The number of fused-ring (bicyclic) bond motifs is 1. The molecule has 0 radical (unpaired) electrons. The largest absolute Gasteiger partial charge is 0.492 e. The van der Waals surface area contributed by atoms with Gasteiger partial charge in [-0.2, -0.15) is 0 Å². The van der Waals surface area contributed by atoms with Crippen LogP contribution in [-0.2, 0) is 6.54 Å². The molecule has 1 N–H and O–H groups in total. The van der Waals surface area contributed by atoms with Crippen LogP contribution in [0.3, 0.4) is 0 Å². The van der Waals surface area contributed by atoms with Crippen molar-refractivity contribution in [3.63, 3.8) is 0 Å². The number of imidazole rings is 1. The van der Waals surface area contributed by atoms with E-state index in [1.807, 2.05) is 41.9 Å². The number of aryl methyl sites for hydroxylation is 1. The number of nitrogens with zero attached hydrogens (tertiary/aromatic N) is 2. The molecule has 0 aliphatic rings. The van der Waals surface area contributed by atoms with Crippen LogP contribution < -0.4 is 10.1 Å². The molecule has 0 aliphatic carbocycles. The van der Waals surface area contributed by atoms with Gasteiger partial charge in [-0.05, 0) is 43.7 Å². The van der Waals surface area contributed by atoms with Gasteiger partial charge in [0.05, 0.1) is 24.5 Å². The van der Waals surface area contributed by atoms with Crippen molar-refractivity contribution in [2.45, 2.75) is 20.4 Å². The minimum Gasteiger partial charge on any atom is -0.492 e. The van der Waals surface area contributed by atoms with Gasteiger partial charge in [0, 0.05) is 12.4 Å². The van der Waals surface area contributed by atoms with E-state index in [9.17, 15) is 0 Å². The van der Waals surface area contributed by atoms with Crippen molar-refractivity contribution in [2.24, 2.45) is 0 Å². The molecule has 21 heavy (non-hydrogen) atoms. The SMILES string of the molecule is CCOc1cc(C)ccc1NCc1cn2ccccc2n1. The molecule has 0 unspecified atom stereocenters. The van der Waals surface area contributed by atoms with Crippen molar-refractivity contribution in [2.75, 3.05) is 11.9 Å². The Bertz CT molecular complexity index is 716. The van der Waals surface area contributed by atoms with Gasteiger partial charge in [0.1, 0.15) is 11.4 Å². The Hall–Kier alpha value is -2.49. The summed E-state index contributed by atoms with van der Waals surface area (Å²) in [4.78, 5) is 4.58. The van der Waals surface area contributed by atoms with Crippen LogP contribution in [0.2, 0.25) is 0 Å². The highest BCUT2D eigenvalue weighted by Gasteiger charge is 2.05. The van der Waals surface area contributed by atoms with Crippen LogP contribution in [0.25, 0.3) is 5.65 Å². The van der Waals surface area contributed by atoms with Gasteiger partial charge in [-0.3, -0.25) is 0 Å². The highest BCUT2D eigenvalue weighted by atomic mass is 16.5. The van der Waals surface area contributed by atoms with Gasteiger partial charge < -0.3 is 14.5 Å². The number of hydrogen-bond donors (Lipinski definition) is 1. The summed E-state index contributed by atoms with van der Waals surface area (Å²) in [5, 5.41) is 3.40. The number of rotatable bonds is 5. The van der Waals surface area contributed by atoms with E-state index in [2.05, 4.69) is 35.4 Å². The lowest BCUT2D eigenvalue weighted by atomic mass is 10.2. The first-order chi connectivity index (χ1) is 10.3. The van der Waals surface area contributed by atoms with E-state index in [1.54, 1.807) is 0 Å². The third-order valence-corrected chi connectivity index (χ3v) is 3.31. The standard InChI is InChI=1S/C17H19N3O/c1-3-21-16-10-13(2)7-8-15(16)18-11-14-12-20-9-5-4-6-17(20)19-14/h4-10,12,18H,3,11H2,1-2H3. The molecule has 0 spiro atoms. The lowest BCUT2D eigenvalue weighted by Gasteiger charge is -2.12. The van der Waals surface area contributed by atoms with E-state index in [4.69, 9.17) is 4.74 Å². The summed E-state index contributed by atoms with van der Waals surface area (Å²) in [5.41, 5.74) is 4.16. The lowest BCUT2D eigenvalue weighted by Crippen LogP contribution is -2.03. The molecule has 0 saturated carbocycles. The molecule has 0 fully saturated rings. The molecule has 2 aromatic heterocycles. The first-order valence-corrected chi connectivity index (χ1v) is 7.16. The second-order valence-electron chi connectivity index (χ2n) is 4.98. The smallest absolute Gasteiger partial charge is 0.142 e. The van der Waals surface area contributed by atoms with Crippen LogP contribution in [-0.4, -0.2) is 16.0 Å². The summed E-state index contributed by atoms with van der Waals surface area (Å²) in [5.74, 6) is 0.890. The maximum absolute atomic E-state index is 5.68. The summed E-state index contributed by atoms with van der Waals surface area (Å²) >= 11 is 0. The average Bonchev–Trinajstić information content (AvgIpc) is 2.89. The molecule has 0 aliphatic heterocycles. The molecule has 2 heterocycles. The van der Waals surface area contributed by atoms with Gasteiger partial charge in [0.2, 0.25) is 0 Å². The van der Waals surface area contributed by atoms with E-state index in [0.717, 1.165) is 22.8 Å². The zero-order valence-electron chi connectivity index (χ0n) is 12.3. The zero-order chi connectivity index (χ0) is 14.7. The Morgan fingerprint density at radius 3 is 2.95 bits per heavy atom. The molecule has 0 bridgehead atoms. The van der Waals surface area contributed by atoms with Gasteiger partial charge in [-0.15, -0.1) is 0 Å². The number of ether oxygens (including phenoxy) is 1. The van der Waals surface area contributed by atoms with E-state index in [0.29, 0.717) is 13.2 Å².